The molecular formula is C11H15NO3. The minimum Gasteiger partial charge on any atom is -0.506 e. The Balaban J connectivity index is 3.01. The van der Waals surface area contributed by atoms with Gasteiger partial charge in [-0.2, -0.15) is 0 Å². The zero-order chi connectivity index (χ0) is 11.4. The van der Waals surface area contributed by atoms with Crippen molar-refractivity contribution in [3.8, 4) is 5.75 Å². The number of nitrogens with two attached hydrogens (primary N) is 1. The van der Waals surface area contributed by atoms with E-state index in [-0.39, 0.29) is 23.8 Å². The SMILES string of the molecule is CC[C@@H](CC(=O)O)c1cccc(O)c1N. The summed E-state index contributed by atoms with van der Waals surface area (Å²) in [4.78, 5) is 10.6. The molecule has 4 N–H and O–H groups in total. The number of hydrogen-bond acceptors (Lipinski definition) is 3. The molecule has 0 amide bonds. The Morgan fingerprint density at radius 1 is 1.53 bits per heavy atom. The van der Waals surface area contributed by atoms with E-state index in [2.05, 4.69) is 0 Å². The Morgan fingerprint density at radius 3 is 2.73 bits per heavy atom. The Hall–Kier alpha value is -1.71. The largest absolute Gasteiger partial charge is 0.506 e. The predicted molar refractivity (Wildman–Crippen MR) is 57.8 cm³/mol. The van der Waals surface area contributed by atoms with Gasteiger partial charge in [0.1, 0.15) is 5.75 Å². The van der Waals surface area contributed by atoms with Crippen molar-refractivity contribution in [3.05, 3.63) is 23.8 Å². The maximum absolute atomic E-state index is 10.6. The van der Waals surface area contributed by atoms with Gasteiger partial charge in [-0.3, -0.25) is 4.79 Å². The standard InChI is InChI=1S/C11H15NO3/c1-2-7(6-10(14)15)8-4-3-5-9(13)11(8)12/h3-5,7,13H,2,6,12H2,1H3,(H,14,15)/t7-/m0/s1. The number of hydrogen-bond donors (Lipinski definition) is 3. The molecule has 1 aromatic rings. The number of carbonyl (C=O) groups is 1. The van der Waals surface area contributed by atoms with E-state index in [0.29, 0.717) is 12.0 Å². The topological polar surface area (TPSA) is 83.5 Å². The lowest BCUT2D eigenvalue weighted by atomic mass is 9.92. The maximum Gasteiger partial charge on any atom is 0.303 e. The third-order valence-electron chi connectivity index (χ3n) is 2.47. The quantitative estimate of drug-likeness (QED) is 0.522. The molecule has 0 aromatic heterocycles. The molecule has 0 aliphatic rings. The number of benzene rings is 1. The molecular weight excluding hydrogens is 194 g/mol. The normalized spacial score (nSPS) is 12.3. The Bertz CT molecular complexity index is 363. The molecule has 0 aliphatic heterocycles. The number of carboxylic acid groups (broad SMARTS) is 1. The van der Waals surface area contributed by atoms with Gasteiger partial charge < -0.3 is 15.9 Å². The van der Waals surface area contributed by atoms with Crippen molar-refractivity contribution >= 4 is 11.7 Å². The summed E-state index contributed by atoms with van der Waals surface area (Å²) in [5, 5.41) is 18.1. The summed E-state index contributed by atoms with van der Waals surface area (Å²) in [5.74, 6) is -0.990. The van der Waals surface area contributed by atoms with E-state index in [9.17, 15) is 9.90 Å². The highest BCUT2D eigenvalue weighted by Crippen LogP contribution is 2.33. The van der Waals surface area contributed by atoms with Gasteiger partial charge in [-0.05, 0) is 24.0 Å². The van der Waals surface area contributed by atoms with Crippen LogP contribution in [0, 0.1) is 0 Å². The number of phenolic OH excluding ortho intramolecular Hbond substituents is 1. The highest BCUT2D eigenvalue weighted by molar-refractivity contribution is 5.69. The first-order valence-electron chi connectivity index (χ1n) is 4.85. The van der Waals surface area contributed by atoms with Gasteiger partial charge in [-0.25, -0.2) is 0 Å². The minimum absolute atomic E-state index is 0.0105. The molecule has 1 aromatic carbocycles. The van der Waals surface area contributed by atoms with Crippen LogP contribution in [0.5, 0.6) is 5.75 Å². The zero-order valence-corrected chi connectivity index (χ0v) is 8.60. The first-order chi connectivity index (χ1) is 7.06. The van der Waals surface area contributed by atoms with E-state index in [4.69, 9.17) is 10.8 Å². The molecule has 4 nitrogen and oxygen atoms in total. The lowest BCUT2D eigenvalue weighted by Gasteiger charge is -2.15. The smallest absolute Gasteiger partial charge is 0.303 e. The van der Waals surface area contributed by atoms with Crippen LogP contribution >= 0.6 is 0 Å². The highest BCUT2D eigenvalue weighted by atomic mass is 16.4. The number of nitrogen functional groups attached to an aromatic ring is 1. The lowest BCUT2D eigenvalue weighted by Crippen LogP contribution is -2.07. The summed E-state index contributed by atoms with van der Waals surface area (Å²) in [6.45, 7) is 1.90. The summed E-state index contributed by atoms with van der Waals surface area (Å²) >= 11 is 0. The van der Waals surface area contributed by atoms with E-state index in [0.717, 1.165) is 0 Å². The van der Waals surface area contributed by atoms with Crippen LogP contribution in [0.3, 0.4) is 0 Å². The summed E-state index contributed by atoms with van der Waals surface area (Å²) in [7, 11) is 0. The lowest BCUT2D eigenvalue weighted by molar-refractivity contribution is -0.137. The first-order valence-corrected chi connectivity index (χ1v) is 4.85. The van der Waals surface area contributed by atoms with Gasteiger partial charge in [0.2, 0.25) is 0 Å². The van der Waals surface area contributed by atoms with E-state index < -0.39 is 5.97 Å². The van der Waals surface area contributed by atoms with Gasteiger partial charge in [0.25, 0.3) is 0 Å². The van der Waals surface area contributed by atoms with Crippen molar-refractivity contribution in [2.24, 2.45) is 0 Å². The second kappa shape index (κ2) is 4.68. The first kappa shape index (κ1) is 11.4. The fourth-order valence-electron chi connectivity index (χ4n) is 1.61. The molecule has 0 saturated carbocycles. The maximum atomic E-state index is 10.6. The highest BCUT2D eigenvalue weighted by Gasteiger charge is 2.17. The van der Waals surface area contributed by atoms with Gasteiger partial charge in [-0.1, -0.05) is 19.1 Å². The molecule has 82 valence electrons. The van der Waals surface area contributed by atoms with Gasteiger partial charge in [0.15, 0.2) is 0 Å². The molecule has 0 saturated heterocycles. The molecule has 0 aliphatic carbocycles. The Labute approximate surface area is 88.3 Å². The number of anilines is 1. The second-order valence-electron chi connectivity index (χ2n) is 3.48. The van der Waals surface area contributed by atoms with Crippen LogP contribution in [0.15, 0.2) is 18.2 Å². The second-order valence-corrected chi connectivity index (χ2v) is 3.48. The van der Waals surface area contributed by atoms with Crippen LogP contribution in [0.2, 0.25) is 0 Å². The van der Waals surface area contributed by atoms with Crippen molar-refractivity contribution in [2.45, 2.75) is 25.7 Å². The van der Waals surface area contributed by atoms with Crippen LogP contribution in [-0.4, -0.2) is 16.2 Å². The summed E-state index contributed by atoms with van der Waals surface area (Å²) in [5.41, 5.74) is 6.68. The number of carboxylic acids is 1. The number of phenols is 1. The van der Waals surface area contributed by atoms with Crippen molar-refractivity contribution in [1.29, 1.82) is 0 Å². The Morgan fingerprint density at radius 2 is 2.20 bits per heavy atom. The average Bonchev–Trinajstić information content (AvgIpc) is 2.19. The fraction of sp³-hybridized carbons (Fsp3) is 0.364. The van der Waals surface area contributed by atoms with Crippen LogP contribution in [0.1, 0.15) is 31.2 Å². The third kappa shape index (κ3) is 2.62. The monoisotopic (exact) mass is 209 g/mol. The summed E-state index contributed by atoms with van der Waals surface area (Å²) in [6, 6.07) is 4.92. The number of para-hydroxylation sites is 1. The molecule has 0 spiro atoms. The molecule has 1 atom stereocenters. The van der Waals surface area contributed by atoms with Crippen molar-refractivity contribution in [1.82, 2.24) is 0 Å². The number of aliphatic carboxylic acids is 1. The molecule has 4 heteroatoms. The van der Waals surface area contributed by atoms with Crippen molar-refractivity contribution < 1.29 is 15.0 Å². The minimum atomic E-state index is -0.857. The van der Waals surface area contributed by atoms with Crippen LogP contribution in [0.25, 0.3) is 0 Å². The fourth-order valence-corrected chi connectivity index (χ4v) is 1.61. The molecule has 15 heavy (non-hydrogen) atoms. The van der Waals surface area contributed by atoms with E-state index in [1.54, 1.807) is 12.1 Å². The zero-order valence-electron chi connectivity index (χ0n) is 8.60. The Kier molecular flexibility index (Phi) is 3.55. The average molecular weight is 209 g/mol. The van der Waals surface area contributed by atoms with Crippen LogP contribution < -0.4 is 5.73 Å². The van der Waals surface area contributed by atoms with E-state index in [1.807, 2.05) is 6.92 Å². The molecule has 0 heterocycles. The van der Waals surface area contributed by atoms with Gasteiger partial charge in [0, 0.05) is 0 Å². The van der Waals surface area contributed by atoms with Crippen LogP contribution in [0.4, 0.5) is 5.69 Å². The van der Waals surface area contributed by atoms with Gasteiger partial charge in [0.05, 0.1) is 12.1 Å². The summed E-state index contributed by atoms with van der Waals surface area (Å²) < 4.78 is 0. The molecule has 0 unspecified atom stereocenters. The molecule has 1 rings (SSSR count). The van der Waals surface area contributed by atoms with Gasteiger partial charge in [-0.15, -0.1) is 0 Å². The predicted octanol–water partition coefficient (Wildman–Crippen LogP) is 1.94. The molecule has 0 radical (unpaired) electrons. The van der Waals surface area contributed by atoms with Crippen LogP contribution in [-0.2, 0) is 4.79 Å². The molecule has 0 fully saturated rings. The number of rotatable bonds is 4. The van der Waals surface area contributed by atoms with Gasteiger partial charge >= 0.3 is 5.97 Å². The van der Waals surface area contributed by atoms with E-state index in [1.165, 1.54) is 6.07 Å². The van der Waals surface area contributed by atoms with E-state index >= 15 is 0 Å². The number of aromatic hydroxyl groups is 1. The van der Waals surface area contributed by atoms with Crippen molar-refractivity contribution in [2.75, 3.05) is 5.73 Å². The van der Waals surface area contributed by atoms with Crippen molar-refractivity contribution in [3.63, 3.8) is 0 Å². The molecule has 0 bridgehead atoms. The summed E-state index contributed by atoms with van der Waals surface area (Å²) in [6.07, 6.45) is 0.712. The third-order valence-corrected chi connectivity index (χ3v) is 2.47.